The lowest BCUT2D eigenvalue weighted by Gasteiger charge is -2.38. The van der Waals surface area contributed by atoms with Crippen molar-refractivity contribution < 1.29 is 19.1 Å². The Labute approximate surface area is 176 Å². The average Bonchev–Trinajstić information content (AvgIpc) is 3.43. The molecular formula is C20H19N3O4S2. The van der Waals surface area contributed by atoms with Gasteiger partial charge in [0, 0.05) is 24.2 Å². The minimum absolute atomic E-state index is 0.0924. The first-order valence-electron chi connectivity index (χ1n) is 9.29. The standard InChI is InChI=1S/C20H19N3O4S2/c1-26-14-4-2-12(3-5-14)10-27-19(25)16-11-29-18-15(17(24)23(16)18)8-13-9-22-6-7-28-20(22)21-13/h2-5,8-9,16,18H,6-7,10-11H2,1H3/b15-8-/t16?,18-/m1/s1. The first-order chi connectivity index (χ1) is 14.1. The van der Waals surface area contributed by atoms with E-state index in [-0.39, 0.29) is 23.9 Å². The zero-order chi connectivity index (χ0) is 20.0. The lowest BCUT2D eigenvalue weighted by atomic mass is 10.0. The fourth-order valence-corrected chi connectivity index (χ4v) is 5.99. The molecule has 0 N–H and O–H groups in total. The van der Waals surface area contributed by atoms with E-state index in [1.807, 2.05) is 36.5 Å². The molecule has 1 amide bonds. The maximum absolute atomic E-state index is 12.7. The number of fused-ring (bicyclic) bond motifs is 2. The van der Waals surface area contributed by atoms with Gasteiger partial charge in [-0.05, 0) is 23.8 Å². The molecule has 2 saturated heterocycles. The minimum Gasteiger partial charge on any atom is -0.497 e. The van der Waals surface area contributed by atoms with E-state index in [1.54, 1.807) is 35.5 Å². The van der Waals surface area contributed by atoms with Gasteiger partial charge in [-0.1, -0.05) is 23.9 Å². The first kappa shape index (κ1) is 18.6. The van der Waals surface area contributed by atoms with Crippen molar-refractivity contribution in [3.8, 4) is 5.75 Å². The number of aromatic nitrogens is 2. The smallest absolute Gasteiger partial charge is 0.330 e. The second-order valence-corrected chi connectivity index (χ2v) is 9.13. The second-order valence-electron chi connectivity index (χ2n) is 6.96. The third-order valence-corrected chi connectivity index (χ3v) is 7.46. The van der Waals surface area contributed by atoms with Crippen molar-refractivity contribution in [1.82, 2.24) is 14.5 Å². The molecule has 5 rings (SSSR count). The van der Waals surface area contributed by atoms with Crippen molar-refractivity contribution in [1.29, 1.82) is 0 Å². The number of hydrogen-bond acceptors (Lipinski definition) is 7. The highest BCUT2D eigenvalue weighted by Crippen LogP contribution is 2.44. The first-order valence-corrected chi connectivity index (χ1v) is 11.3. The molecule has 150 valence electrons. The highest BCUT2D eigenvalue weighted by atomic mass is 32.2. The van der Waals surface area contributed by atoms with E-state index >= 15 is 0 Å². The number of hydrogen-bond donors (Lipinski definition) is 0. The van der Waals surface area contributed by atoms with Crippen molar-refractivity contribution >= 4 is 41.5 Å². The molecule has 1 aromatic heterocycles. The van der Waals surface area contributed by atoms with E-state index in [2.05, 4.69) is 9.55 Å². The summed E-state index contributed by atoms with van der Waals surface area (Å²) in [6.07, 6.45) is 3.84. The molecule has 0 spiro atoms. The van der Waals surface area contributed by atoms with Crippen molar-refractivity contribution in [2.45, 2.75) is 29.7 Å². The van der Waals surface area contributed by atoms with Crippen molar-refractivity contribution in [2.24, 2.45) is 0 Å². The van der Waals surface area contributed by atoms with Crippen molar-refractivity contribution in [3.63, 3.8) is 0 Å². The summed E-state index contributed by atoms with van der Waals surface area (Å²) in [6.45, 7) is 1.13. The number of thioether (sulfide) groups is 2. The summed E-state index contributed by atoms with van der Waals surface area (Å²) in [5.74, 6) is 1.88. The fourth-order valence-electron chi connectivity index (χ4n) is 3.63. The van der Waals surface area contributed by atoms with E-state index in [0.717, 1.165) is 34.5 Å². The van der Waals surface area contributed by atoms with Crippen LogP contribution in [0.5, 0.6) is 5.75 Å². The van der Waals surface area contributed by atoms with Crippen LogP contribution in [0.3, 0.4) is 0 Å². The Morgan fingerprint density at radius 2 is 2.17 bits per heavy atom. The Hall–Kier alpha value is -2.39. The maximum atomic E-state index is 12.7. The van der Waals surface area contributed by atoms with E-state index in [1.165, 1.54) is 0 Å². The Balaban J connectivity index is 1.22. The van der Waals surface area contributed by atoms with E-state index in [9.17, 15) is 9.59 Å². The molecule has 4 heterocycles. The summed E-state index contributed by atoms with van der Waals surface area (Å²) in [5.41, 5.74) is 2.39. The van der Waals surface area contributed by atoms with Gasteiger partial charge in [0.05, 0.1) is 18.4 Å². The van der Waals surface area contributed by atoms with Crippen LogP contribution in [0, 0.1) is 0 Å². The van der Waals surface area contributed by atoms with Crippen molar-refractivity contribution in [2.75, 3.05) is 18.6 Å². The molecule has 3 aliphatic rings. The van der Waals surface area contributed by atoms with Crippen LogP contribution < -0.4 is 4.74 Å². The molecule has 29 heavy (non-hydrogen) atoms. The molecule has 0 aliphatic carbocycles. The van der Waals surface area contributed by atoms with Crippen LogP contribution in [-0.2, 0) is 27.5 Å². The van der Waals surface area contributed by atoms with Crippen molar-refractivity contribution in [3.05, 3.63) is 47.3 Å². The number of nitrogens with zero attached hydrogens (tertiary/aromatic N) is 3. The molecule has 0 radical (unpaired) electrons. The van der Waals surface area contributed by atoms with Crippen LogP contribution in [0.4, 0.5) is 0 Å². The summed E-state index contributed by atoms with van der Waals surface area (Å²) in [6, 6.07) is 6.83. The number of esters is 1. The lowest BCUT2D eigenvalue weighted by molar-refractivity contribution is -0.156. The predicted molar refractivity (Wildman–Crippen MR) is 111 cm³/mol. The molecule has 9 heteroatoms. The highest BCUT2D eigenvalue weighted by Gasteiger charge is 2.53. The summed E-state index contributed by atoms with van der Waals surface area (Å²) in [5, 5.41) is 0.907. The van der Waals surface area contributed by atoms with E-state index < -0.39 is 6.04 Å². The van der Waals surface area contributed by atoms with Gasteiger partial charge in [0.15, 0.2) is 5.16 Å². The SMILES string of the molecule is COc1ccc(COC(=O)C2CS[C@@H]3/C(=C\c4cn5c(n4)SCC5)C(=O)N23)cc1. The van der Waals surface area contributed by atoms with Crippen LogP contribution >= 0.6 is 23.5 Å². The number of benzene rings is 1. The van der Waals surface area contributed by atoms with Crippen LogP contribution in [0.25, 0.3) is 6.08 Å². The lowest BCUT2D eigenvalue weighted by Crippen LogP contribution is -2.56. The third kappa shape index (κ3) is 3.32. The van der Waals surface area contributed by atoms with Gasteiger partial charge < -0.3 is 18.9 Å². The Kier molecular flexibility index (Phi) is 4.79. The molecule has 2 fully saturated rings. The minimum atomic E-state index is -0.532. The Bertz CT molecular complexity index is 980. The van der Waals surface area contributed by atoms with Gasteiger partial charge in [0.2, 0.25) is 0 Å². The van der Waals surface area contributed by atoms with Gasteiger partial charge in [-0.2, -0.15) is 0 Å². The summed E-state index contributed by atoms with van der Waals surface area (Å²) in [4.78, 5) is 31.4. The number of β-lactam (4-membered cyclic amide) rings is 1. The molecule has 3 aliphatic heterocycles. The number of aryl methyl sites for hydroxylation is 1. The number of rotatable bonds is 5. The summed E-state index contributed by atoms with van der Waals surface area (Å²) in [7, 11) is 1.61. The molecule has 7 nitrogen and oxygen atoms in total. The Morgan fingerprint density at radius 3 is 2.93 bits per heavy atom. The van der Waals surface area contributed by atoms with Crippen LogP contribution in [0.2, 0.25) is 0 Å². The number of amides is 1. The van der Waals surface area contributed by atoms with E-state index in [0.29, 0.717) is 11.3 Å². The molecule has 2 aromatic rings. The largest absolute Gasteiger partial charge is 0.497 e. The van der Waals surface area contributed by atoms with Gasteiger partial charge in [0.1, 0.15) is 23.8 Å². The van der Waals surface area contributed by atoms with Crippen LogP contribution in [0.15, 0.2) is 41.2 Å². The van der Waals surface area contributed by atoms with Gasteiger partial charge >= 0.3 is 5.97 Å². The molecular weight excluding hydrogens is 410 g/mol. The summed E-state index contributed by atoms with van der Waals surface area (Å²) >= 11 is 3.32. The van der Waals surface area contributed by atoms with E-state index in [4.69, 9.17) is 9.47 Å². The maximum Gasteiger partial charge on any atom is 0.330 e. The molecule has 0 bridgehead atoms. The highest BCUT2D eigenvalue weighted by molar-refractivity contribution is 8.00. The number of carbonyl (C=O) groups is 2. The number of carbonyl (C=O) groups excluding carboxylic acids is 2. The third-order valence-electron chi connectivity index (χ3n) is 5.19. The second kappa shape index (κ2) is 7.46. The van der Waals surface area contributed by atoms with Gasteiger partial charge in [-0.3, -0.25) is 4.79 Å². The van der Waals surface area contributed by atoms with Crippen LogP contribution in [-0.4, -0.2) is 56.4 Å². The molecule has 2 atom stereocenters. The zero-order valence-corrected chi connectivity index (χ0v) is 17.4. The van der Waals surface area contributed by atoms with Gasteiger partial charge in [-0.25, -0.2) is 9.78 Å². The predicted octanol–water partition coefficient (Wildman–Crippen LogP) is 2.41. The van der Waals surface area contributed by atoms with Gasteiger partial charge in [-0.15, -0.1) is 11.8 Å². The van der Waals surface area contributed by atoms with Gasteiger partial charge in [0.25, 0.3) is 5.91 Å². The number of methoxy groups -OCH3 is 1. The average molecular weight is 430 g/mol. The van der Waals surface area contributed by atoms with Crippen LogP contribution in [0.1, 0.15) is 11.3 Å². The Morgan fingerprint density at radius 1 is 1.34 bits per heavy atom. The summed E-state index contributed by atoms with van der Waals surface area (Å²) < 4.78 is 12.7. The zero-order valence-electron chi connectivity index (χ0n) is 15.7. The fraction of sp³-hybridized carbons (Fsp3) is 0.350. The quantitative estimate of drug-likeness (QED) is 0.411. The topological polar surface area (TPSA) is 73.7 Å². The number of imidazole rings is 1. The molecule has 1 unspecified atom stereocenters. The molecule has 1 aromatic carbocycles. The monoisotopic (exact) mass is 429 g/mol. The normalized spacial score (nSPS) is 23.7. The number of ether oxygens (including phenoxy) is 2. The molecule has 0 saturated carbocycles.